The van der Waals surface area contributed by atoms with E-state index in [9.17, 15) is 0 Å². The molecule has 1 aliphatic heterocycles. The highest BCUT2D eigenvalue weighted by Gasteiger charge is 2.33. The maximum Gasteiger partial charge on any atom is 0.119 e. The van der Waals surface area contributed by atoms with E-state index in [0.29, 0.717) is 12.1 Å². The van der Waals surface area contributed by atoms with Crippen LogP contribution in [0.1, 0.15) is 23.6 Å². The molecule has 0 saturated carbocycles. The van der Waals surface area contributed by atoms with Gasteiger partial charge in [0.15, 0.2) is 0 Å². The maximum atomic E-state index is 5.42. The Hall–Kier alpha value is -1.10. The highest BCUT2D eigenvalue weighted by atomic mass is 16.5. The minimum atomic E-state index is 0.409. The van der Waals surface area contributed by atoms with Gasteiger partial charge in [0.25, 0.3) is 0 Å². The van der Waals surface area contributed by atoms with Gasteiger partial charge in [-0.05, 0) is 50.2 Å². The Morgan fingerprint density at radius 3 is 2.62 bits per heavy atom. The zero-order valence-corrected chi connectivity index (χ0v) is 13.4. The highest BCUT2D eigenvalue weighted by Crippen LogP contribution is 2.35. The number of aryl methyl sites for hydroxylation is 1. The highest BCUT2D eigenvalue weighted by molar-refractivity contribution is 5.40. The molecule has 2 aliphatic rings. The summed E-state index contributed by atoms with van der Waals surface area (Å²) in [5.41, 5.74) is 2.90. The molecule has 1 aromatic carbocycles. The Balaban J connectivity index is 1.83. The van der Waals surface area contributed by atoms with E-state index in [2.05, 4.69) is 47.4 Å². The van der Waals surface area contributed by atoms with Crippen molar-refractivity contribution in [1.82, 2.24) is 15.1 Å². The van der Waals surface area contributed by atoms with Crippen molar-refractivity contribution in [1.29, 1.82) is 0 Å². The van der Waals surface area contributed by atoms with Gasteiger partial charge in [-0.25, -0.2) is 0 Å². The van der Waals surface area contributed by atoms with E-state index >= 15 is 0 Å². The molecule has 0 bridgehead atoms. The van der Waals surface area contributed by atoms with Gasteiger partial charge in [-0.3, -0.25) is 4.90 Å². The van der Waals surface area contributed by atoms with Crippen molar-refractivity contribution in [2.75, 3.05) is 47.4 Å². The molecular formula is C17H27N3O. The summed E-state index contributed by atoms with van der Waals surface area (Å²) >= 11 is 0. The number of rotatable bonds is 3. The lowest BCUT2D eigenvalue weighted by molar-refractivity contribution is 0.0831. The number of nitrogens with zero attached hydrogens (tertiary/aromatic N) is 2. The molecule has 3 rings (SSSR count). The Kier molecular flexibility index (Phi) is 4.48. The van der Waals surface area contributed by atoms with Crippen LogP contribution in [0.3, 0.4) is 0 Å². The van der Waals surface area contributed by atoms with E-state index in [-0.39, 0.29) is 0 Å². The topological polar surface area (TPSA) is 27.7 Å². The van der Waals surface area contributed by atoms with Crippen molar-refractivity contribution in [2.45, 2.75) is 24.9 Å². The molecule has 1 fully saturated rings. The summed E-state index contributed by atoms with van der Waals surface area (Å²) in [6.07, 6.45) is 2.42. The Morgan fingerprint density at radius 2 is 1.95 bits per heavy atom. The number of fused-ring (bicyclic) bond motifs is 1. The summed E-state index contributed by atoms with van der Waals surface area (Å²) in [5, 5.41) is 3.56. The summed E-state index contributed by atoms with van der Waals surface area (Å²) in [5.74, 6) is 0.966. The zero-order chi connectivity index (χ0) is 14.8. The van der Waals surface area contributed by atoms with Gasteiger partial charge in [0.05, 0.1) is 7.11 Å². The van der Waals surface area contributed by atoms with Crippen molar-refractivity contribution in [3.63, 3.8) is 0 Å². The maximum absolute atomic E-state index is 5.42. The predicted octanol–water partition coefficient (Wildman–Crippen LogP) is 1.52. The van der Waals surface area contributed by atoms with Crippen LogP contribution >= 0.6 is 0 Å². The summed E-state index contributed by atoms with van der Waals surface area (Å²) < 4.78 is 5.42. The molecule has 1 aromatic rings. The molecule has 116 valence electrons. The zero-order valence-electron chi connectivity index (χ0n) is 13.4. The van der Waals surface area contributed by atoms with E-state index in [0.717, 1.165) is 5.75 Å². The molecule has 0 aromatic heterocycles. The summed E-state index contributed by atoms with van der Waals surface area (Å²) in [6, 6.07) is 7.55. The van der Waals surface area contributed by atoms with Crippen molar-refractivity contribution in [2.24, 2.45) is 0 Å². The van der Waals surface area contributed by atoms with E-state index in [4.69, 9.17) is 4.74 Å². The molecule has 0 radical (unpaired) electrons. The number of hydrogen-bond donors (Lipinski definition) is 1. The van der Waals surface area contributed by atoms with Crippen LogP contribution in [0.25, 0.3) is 0 Å². The SMILES string of the molecule is CNC1c2cc(OC)ccc2CCC1N1CCN(C)CC1. The number of likely N-dealkylation sites (N-methyl/N-ethyl adjacent to an activating group) is 2. The van der Waals surface area contributed by atoms with Gasteiger partial charge < -0.3 is 15.0 Å². The smallest absolute Gasteiger partial charge is 0.119 e. The van der Waals surface area contributed by atoms with Gasteiger partial charge >= 0.3 is 0 Å². The first-order chi connectivity index (χ1) is 10.2. The fraction of sp³-hybridized carbons (Fsp3) is 0.647. The summed E-state index contributed by atoms with van der Waals surface area (Å²) in [6.45, 7) is 4.72. The minimum absolute atomic E-state index is 0.409. The minimum Gasteiger partial charge on any atom is -0.497 e. The number of methoxy groups -OCH3 is 1. The van der Waals surface area contributed by atoms with Crippen LogP contribution in [-0.4, -0.2) is 63.2 Å². The molecule has 1 saturated heterocycles. The normalized spacial score (nSPS) is 27.4. The number of ether oxygens (including phenoxy) is 1. The molecule has 21 heavy (non-hydrogen) atoms. The van der Waals surface area contributed by atoms with E-state index in [1.165, 1.54) is 50.1 Å². The van der Waals surface area contributed by atoms with Crippen LogP contribution in [0.15, 0.2) is 18.2 Å². The molecule has 2 atom stereocenters. The Labute approximate surface area is 128 Å². The lowest BCUT2D eigenvalue weighted by atomic mass is 9.83. The van der Waals surface area contributed by atoms with Gasteiger partial charge in [-0.1, -0.05) is 6.07 Å². The van der Waals surface area contributed by atoms with Gasteiger partial charge in [-0.15, -0.1) is 0 Å². The Morgan fingerprint density at radius 1 is 1.19 bits per heavy atom. The average Bonchev–Trinajstić information content (AvgIpc) is 2.54. The molecule has 1 N–H and O–H groups in total. The third-order valence-electron chi connectivity index (χ3n) is 5.10. The number of piperazine rings is 1. The first-order valence-corrected chi connectivity index (χ1v) is 7.99. The average molecular weight is 289 g/mol. The van der Waals surface area contributed by atoms with Gasteiger partial charge in [0.1, 0.15) is 5.75 Å². The van der Waals surface area contributed by atoms with Crippen LogP contribution in [0.4, 0.5) is 0 Å². The quantitative estimate of drug-likeness (QED) is 0.913. The second-order valence-electron chi connectivity index (χ2n) is 6.28. The largest absolute Gasteiger partial charge is 0.497 e. The van der Waals surface area contributed by atoms with Crippen LogP contribution in [0.2, 0.25) is 0 Å². The second-order valence-corrected chi connectivity index (χ2v) is 6.28. The van der Waals surface area contributed by atoms with Crippen molar-refractivity contribution >= 4 is 0 Å². The van der Waals surface area contributed by atoms with Crippen molar-refractivity contribution in [3.05, 3.63) is 29.3 Å². The predicted molar refractivity (Wildman–Crippen MR) is 86.0 cm³/mol. The van der Waals surface area contributed by atoms with Crippen LogP contribution < -0.4 is 10.1 Å². The van der Waals surface area contributed by atoms with Crippen LogP contribution in [0, 0.1) is 0 Å². The molecule has 0 amide bonds. The summed E-state index contributed by atoms with van der Waals surface area (Å²) in [7, 11) is 6.05. The van der Waals surface area contributed by atoms with Crippen LogP contribution in [0.5, 0.6) is 5.75 Å². The second kappa shape index (κ2) is 6.34. The third kappa shape index (κ3) is 2.93. The fourth-order valence-electron chi connectivity index (χ4n) is 3.79. The number of benzene rings is 1. The molecule has 2 unspecified atom stereocenters. The van der Waals surface area contributed by atoms with Gasteiger partial charge in [0, 0.05) is 38.3 Å². The molecule has 1 aliphatic carbocycles. The molecule has 0 spiro atoms. The van der Waals surface area contributed by atoms with Crippen molar-refractivity contribution in [3.8, 4) is 5.75 Å². The van der Waals surface area contributed by atoms with Crippen LogP contribution in [-0.2, 0) is 6.42 Å². The van der Waals surface area contributed by atoms with E-state index in [1.807, 2.05) is 0 Å². The molecule has 1 heterocycles. The number of hydrogen-bond acceptors (Lipinski definition) is 4. The lowest BCUT2D eigenvalue weighted by Crippen LogP contribution is -2.53. The third-order valence-corrected chi connectivity index (χ3v) is 5.10. The standard InChI is InChI=1S/C17H27N3O/c1-18-17-15-12-14(21-3)6-4-13(15)5-7-16(17)20-10-8-19(2)9-11-20/h4,6,12,16-18H,5,7-11H2,1-3H3. The first-order valence-electron chi connectivity index (χ1n) is 7.99. The fourth-order valence-corrected chi connectivity index (χ4v) is 3.79. The Bertz CT molecular complexity index is 483. The molecular weight excluding hydrogens is 262 g/mol. The van der Waals surface area contributed by atoms with Crippen molar-refractivity contribution < 1.29 is 4.74 Å². The molecule has 4 nitrogen and oxygen atoms in total. The monoisotopic (exact) mass is 289 g/mol. The first kappa shape index (κ1) is 14.8. The van der Waals surface area contributed by atoms with Gasteiger partial charge in [0.2, 0.25) is 0 Å². The molecule has 4 heteroatoms. The summed E-state index contributed by atoms with van der Waals surface area (Å²) in [4.78, 5) is 5.09. The number of nitrogens with one attached hydrogen (secondary N) is 1. The van der Waals surface area contributed by atoms with E-state index < -0.39 is 0 Å². The van der Waals surface area contributed by atoms with E-state index in [1.54, 1.807) is 7.11 Å². The lowest BCUT2D eigenvalue weighted by Gasteiger charge is -2.44. The van der Waals surface area contributed by atoms with Gasteiger partial charge in [-0.2, -0.15) is 0 Å².